The zero-order valence-electron chi connectivity index (χ0n) is 8.19. The maximum atomic E-state index is 11.5. The number of aryl methyl sites for hydroxylation is 1. The molecule has 0 saturated carbocycles. The Morgan fingerprint density at radius 1 is 1.67 bits per heavy atom. The molecule has 2 aromatic rings. The zero-order chi connectivity index (χ0) is 10.7. The smallest absolute Gasteiger partial charge is 0.287 e. The molecule has 0 saturated heterocycles. The molecule has 0 aliphatic carbocycles. The molecule has 0 aliphatic heterocycles. The Balaban J connectivity index is 1.95. The van der Waals surface area contributed by atoms with E-state index >= 15 is 0 Å². The van der Waals surface area contributed by atoms with Crippen LogP contribution in [0.3, 0.4) is 0 Å². The Hall–Kier alpha value is -1.62. The molecule has 15 heavy (non-hydrogen) atoms. The summed E-state index contributed by atoms with van der Waals surface area (Å²) in [5, 5.41) is 2.77. The first-order valence-electron chi connectivity index (χ1n) is 4.48. The van der Waals surface area contributed by atoms with Gasteiger partial charge < -0.3 is 9.73 Å². The molecular formula is C10H10N2O2S. The van der Waals surface area contributed by atoms with E-state index < -0.39 is 0 Å². The molecular weight excluding hydrogens is 212 g/mol. The van der Waals surface area contributed by atoms with E-state index in [1.807, 2.05) is 6.92 Å². The number of hydrogen-bond donors (Lipinski definition) is 1. The summed E-state index contributed by atoms with van der Waals surface area (Å²) in [6.45, 7) is 2.42. The van der Waals surface area contributed by atoms with Crippen LogP contribution in [0.4, 0.5) is 0 Å². The predicted octanol–water partition coefficient (Wildman–Crippen LogP) is 1.97. The van der Waals surface area contributed by atoms with Gasteiger partial charge in [0.1, 0.15) is 0 Å². The molecule has 4 nitrogen and oxygen atoms in total. The fraction of sp³-hybridized carbons (Fsp3) is 0.200. The van der Waals surface area contributed by atoms with Gasteiger partial charge in [0.2, 0.25) is 0 Å². The SMILES string of the molecule is Cc1ncsc1CNC(=O)c1ccco1. The van der Waals surface area contributed by atoms with E-state index in [0.29, 0.717) is 12.3 Å². The number of carbonyl (C=O) groups excluding carboxylic acids is 1. The van der Waals surface area contributed by atoms with Crippen LogP contribution < -0.4 is 5.32 Å². The third kappa shape index (κ3) is 2.24. The highest BCUT2D eigenvalue weighted by Gasteiger charge is 2.09. The van der Waals surface area contributed by atoms with Gasteiger partial charge in [0.05, 0.1) is 24.0 Å². The van der Waals surface area contributed by atoms with Crippen molar-refractivity contribution < 1.29 is 9.21 Å². The highest BCUT2D eigenvalue weighted by atomic mass is 32.1. The van der Waals surface area contributed by atoms with Crippen LogP contribution in [0.5, 0.6) is 0 Å². The van der Waals surface area contributed by atoms with E-state index in [1.54, 1.807) is 17.6 Å². The monoisotopic (exact) mass is 222 g/mol. The average Bonchev–Trinajstić information content (AvgIpc) is 2.85. The predicted molar refractivity (Wildman–Crippen MR) is 56.7 cm³/mol. The van der Waals surface area contributed by atoms with Crippen LogP contribution in [0.15, 0.2) is 28.3 Å². The van der Waals surface area contributed by atoms with Crippen molar-refractivity contribution in [2.45, 2.75) is 13.5 Å². The number of nitrogens with one attached hydrogen (secondary N) is 1. The van der Waals surface area contributed by atoms with E-state index in [-0.39, 0.29) is 5.91 Å². The number of thiazole rings is 1. The van der Waals surface area contributed by atoms with Crippen LogP contribution in [0.2, 0.25) is 0 Å². The summed E-state index contributed by atoms with van der Waals surface area (Å²) >= 11 is 1.53. The summed E-state index contributed by atoms with van der Waals surface area (Å²) < 4.78 is 4.97. The minimum Gasteiger partial charge on any atom is -0.459 e. The van der Waals surface area contributed by atoms with E-state index in [9.17, 15) is 4.79 Å². The van der Waals surface area contributed by atoms with Crippen molar-refractivity contribution in [1.82, 2.24) is 10.3 Å². The van der Waals surface area contributed by atoms with Gasteiger partial charge in [0, 0.05) is 4.88 Å². The van der Waals surface area contributed by atoms with Crippen molar-refractivity contribution in [3.63, 3.8) is 0 Å². The molecule has 1 N–H and O–H groups in total. The molecule has 2 rings (SSSR count). The zero-order valence-corrected chi connectivity index (χ0v) is 9.00. The van der Waals surface area contributed by atoms with Crippen LogP contribution in [-0.4, -0.2) is 10.9 Å². The first kappa shape index (κ1) is 9.92. The molecule has 78 valence electrons. The quantitative estimate of drug-likeness (QED) is 0.863. The number of rotatable bonds is 3. The van der Waals surface area contributed by atoms with Crippen molar-refractivity contribution in [3.8, 4) is 0 Å². The summed E-state index contributed by atoms with van der Waals surface area (Å²) in [6, 6.07) is 3.32. The van der Waals surface area contributed by atoms with E-state index in [2.05, 4.69) is 10.3 Å². The second kappa shape index (κ2) is 4.27. The minimum absolute atomic E-state index is 0.201. The fourth-order valence-corrected chi connectivity index (χ4v) is 1.87. The van der Waals surface area contributed by atoms with Gasteiger partial charge in [-0.3, -0.25) is 4.79 Å². The Morgan fingerprint density at radius 3 is 3.13 bits per heavy atom. The summed E-state index contributed by atoms with van der Waals surface area (Å²) in [6.07, 6.45) is 1.48. The lowest BCUT2D eigenvalue weighted by Crippen LogP contribution is -2.22. The lowest BCUT2D eigenvalue weighted by molar-refractivity contribution is 0.0923. The summed E-state index contributed by atoms with van der Waals surface area (Å²) in [5.74, 6) is 0.130. The third-order valence-electron chi connectivity index (χ3n) is 2.00. The van der Waals surface area contributed by atoms with Crippen molar-refractivity contribution in [1.29, 1.82) is 0 Å². The van der Waals surface area contributed by atoms with Gasteiger partial charge in [-0.15, -0.1) is 11.3 Å². The second-order valence-electron chi connectivity index (χ2n) is 3.02. The fourth-order valence-electron chi connectivity index (χ4n) is 1.15. The number of amides is 1. The maximum Gasteiger partial charge on any atom is 0.287 e. The van der Waals surface area contributed by atoms with Gasteiger partial charge in [-0.1, -0.05) is 0 Å². The van der Waals surface area contributed by atoms with E-state index in [0.717, 1.165) is 10.6 Å². The number of hydrogen-bond acceptors (Lipinski definition) is 4. The molecule has 0 fully saturated rings. The van der Waals surface area contributed by atoms with Crippen molar-refractivity contribution in [3.05, 3.63) is 40.2 Å². The molecule has 1 amide bonds. The molecule has 0 aliphatic rings. The largest absolute Gasteiger partial charge is 0.459 e. The van der Waals surface area contributed by atoms with Gasteiger partial charge in [-0.2, -0.15) is 0 Å². The highest BCUT2D eigenvalue weighted by molar-refractivity contribution is 7.09. The topological polar surface area (TPSA) is 55.1 Å². The molecule has 2 heterocycles. The second-order valence-corrected chi connectivity index (χ2v) is 3.96. The van der Waals surface area contributed by atoms with Crippen molar-refractivity contribution in [2.24, 2.45) is 0 Å². The molecule has 0 aromatic carbocycles. The molecule has 0 unspecified atom stereocenters. The summed E-state index contributed by atoms with van der Waals surface area (Å²) in [4.78, 5) is 16.7. The van der Waals surface area contributed by atoms with Gasteiger partial charge in [-0.25, -0.2) is 4.98 Å². The number of carbonyl (C=O) groups is 1. The lowest BCUT2D eigenvalue weighted by Gasteiger charge is -2.00. The summed E-state index contributed by atoms with van der Waals surface area (Å²) in [5.41, 5.74) is 2.73. The van der Waals surface area contributed by atoms with Crippen LogP contribution in [-0.2, 0) is 6.54 Å². The number of nitrogens with zero attached hydrogens (tertiary/aromatic N) is 1. The van der Waals surface area contributed by atoms with Crippen molar-refractivity contribution >= 4 is 17.2 Å². The average molecular weight is 222 g/mol. The molecule has 2 aromatic heterocycles. The first-order valence-corrected chi connectivity index (χ1v) is 5.36. The standard InChI is InChI=1S/C10H10N2O2S/c1-7-9(15-6-12-7)5-11-10(13)8-3-2-4-14-8/h2-4,6H,5H2,1H3,(H,11,13). The molecule has 5 heteroatoms. The van der Waals surface area contributed by atoms with E-state index in [4.69, 9.17) is 4.42 Å². The Morgan fingerprint density at radius 2 is 2.53 bits per heavy atom. The first-order chi connectivity index (χ1) is 7.27. The van der Waals surface area contributed by atoms with Gasteiger partial charge in [0.25, 0.3) is 5.91 Å². The van der Waals surface area contributed by atoms with Crippen LogP contribution in [0.1, 0.15) is 21.1 Å². The molecule has 0 radical (unpaired) electrons. The highest BCUT2D eigenvalue weighted by Crippen LogP contribution is 2.11. The molecule has 0 bridgehead atoms. The van der Waals surface area contributed by atoms with Gasteiger partial charge in [0.15, 0.2) is 5.76 Å². The number of aromatic nitrogens is 1. The third-order valence-corrected chi connectivity index (χ3v) is 2.93. The lowest BCUT2D eigenvalue weighted by atomic mass is 10.3. The van der Waals surface area contributed by atoms with Gasteiger partial charge >= 0.3 is 0 Å². The summed E-state index contributed by atoms with van der Waals surface area (Å²) in [7, 11) is 0. The maximum absolute atomic E-state index is 11.5. The normalized spacial score (nSPS) is 10.2. The van der Waals surface area contributed by atoms with Crippen molar-refractivity contribution in [2.75, 3.05) is 0 Å². The molecule has 0 spiro atoms. The Labute approximate surface area is 90.9 Å². The van der Waals surface area contributed by atoms with Crippen LogP contribution in [0, 0.1) is 6.92 Å². The van der Waals surface area contributed by atoms with Crippen LogP contribution in [0.25, 0.3) is 0 Å². The van der Waals surface area contributed by atoms with Gasteiger partial charge in [-0.05, 0) is 19.1 Å². The van der Waals surface area contributed by atoms with E-state index in [1.165, 1.54) is 17.6 Å². The number of furan rings is 1. The van der Waals surface area contributed by atoms with Crippen LogP contribution >= 0.6 is 11.3 Å². The Bertz CT molecular complexity index is 448. The minimum atomic E-state index is -0.201. The Kier molecular flexibility index (Phi) is 2.82. The molecule has 0 atom stereocenters.